The number of para-hydroxylation sites is 2. The Kier molecular flexibility index (Phi) is 5.25. The third kappa shape index (κ3) is 3.57. The molecular weight excluding hydrogens is 349 g/mol. The first-order valence-electron chi connectivity index (χ1n) is 9.78. The van der Waals surface area contributed by atoms with Crippen LogP contribution in [0.2, 0.25) is 0 Å². The lowest BCUT2D eigenvalue weighted by Gasteiger charge is -2.45. The Morgan fingerprint density at radius 2 is 1.48 bits per heavy atom. The smallest absolute Gasteiger partial charge is 0.119 e. The molecule has 3 heteroatoms. The molecule has 0 spiro atoms. The summed E-state index contributed by atoms with van der Waals surface area (Å²) in [5, 5.41) is 11.0. The van der Waals surface area contributed by atoms with Crippen LogP contribution < -0.4 is 0 Å². The molecule has 1 fully saturated rings. The molecule has 0 bridgehead atoms. The van der Waals surface area contributed by atoms with E-state index in [9.17, 15) is 5.11 Å². The van der Waals surface area contributed by atoms with Crippen LogP contribution in [0.3, 0.4) is 0 Å². The second kappa shape index (κ2) is 7.06. The molecule has 2 atom stereocenters. The van der Waals surface area contributed by atoms with Gasteiger partial charge < -0.3 is 5.11 Å². The summed E-state index contributed by atoms with van der Waals surface area (Å²) < 4.78 is 0. The molecule has 0 aromatic heterocycles. The average molecular weight is 382 g/mol. The number of benzene rings is 2. The standard InChI is InChI=1S/C24H32NOP/c1-22(2,3)24(19-14-10-11-15-20(19)26)16-17-27(23(4,5)6)21(24)25-18-12-8-7-9-13-18/h7-15,26H,16-17H2,1-6H3. The predicted octanol–water partition coefficient (Wildman–Crippen LogP) is 7.09. The van der Waals surface area contributed by atoms with Gasteiger partial charge in [-0.15, -0.1) is 0 Å². The van der Waals surface area contributed by atoms with Crippen LogP contribution in [-0.2, 0) is 5.41 Å². The van der Waals surface area contributed by atoms with Gasteiger partial charge in [0, 0.05) is 11.0 Å². The van der Waals surface area contributed by atoms with E-state index in [2.05, 4.69) is 59.7 Å². The van der Waals surface area contributed by atoms with E-state index in [1.54, 1.807) is 0 Å². The molecular formula is C24H32NOP. The topological polar surface area (TPSA) is 32.6 Å². The van der Waals surface area contributed by atoms with Gasteiger partial charge in [0.25, 0.3) is 0 Å². The third-order valence-electron chi connectivity index (χ3n) is 5.79. The molecule has 2 nitrogen and oxygen atoms in total. The molecule has 1 N–H and O–H groups in total. The summed E-state index contributed by atoms with van der Waals surface area (Å²) in [5.74, 6) is 0.388. The number of aliphatic imine (C=N–C) groups is 1. The summed E-state index contributed by atoms with van der Waals surface area (Å²) in [6, 6.07) is 18.2. The number of phenolic OH excluding ortho intramolecular Hbond substituents is 1. The normalized spacial score (nSPS) is 25.1. The van der Waals surface area contributed by atoms with Crippen LogP contribution in [0, 0.1) is 5.41 Å². The van der Waals surface area contributed by atoms with Gasteiger partial charge in [0.15, 0.2) is 0 Å². The molecule has 0 amide bonds. The molecule has 2 aromatic rings. The van der Waals surface area contributed by atoms with Crippen LogP contribution >= 0.6 is 7.92 Å². The summed E-state index contributed by atoms with van der Waals surface area (Å²) in [5.41, 5.74) is 3.01. The fraction of sp³-hybridized carbons (Fsp3) is 0.458. The van der Waals surface area contributed by atoms with Crippen LogP contribution in [0.25, 0.3) is 0 Å². The van der Waals surface area contributed by atoms with Gasteiger partial charge >= 0.3 is 0 Å². The van der Waals surface area contributed by atoms with E-state index < -0.39 is 7.92 Å². The summed E-state index contributed by atoms with van der Waals surface area (Å²) in [6.07, 6.45) is 2.18. The maximum atomic E-state index is 10.8. The number of nitrogens with zero attached hydrogens (tertiary/aromatic N) is 1. The largest absolute Gasteiger partial charge is 0.508 e. The third-order valence-corrected chi connectivity index (χ3v) is 9.08. The van der Waals surface area contributed by atoms with Crippen molar-refractivity contribution < 1.29 is 5.11 Å². The van der Waals surface area contributed by atoms with E-state index >= 15 is 0 Å². The van der Waals surface area contributed by atoms with E-state index in [4.69, 9.17) is 4.99 Å². The van der Waals surface area contributed by atoms with Gasteiger partial charge in [0.05, 0.1) is 11.1 Å². The predicted molar refractivity (Wildman–Crippen MR) is 119 cm³/mol. The van der Waals surface area contributed by atoms with Gasteiger partial charge in [-0.1, -0.05) is 85.9 Å². The Bertz CT molecular complexity index is 829. The first-order chi connectivity index (χ1) is 12.6. The molecule has 2 aromatic carbocycles. The van der Waals surface area contributed by atoms with E-state index in [1.165, 1.54) is 5.45 Å². The molecule has 144 valence electrons. The van der Waals surface area contributed by atoms with Crippen molar-refractivity contribution in [3.63, 3.8) is 0 Å². The first-order valence-corrected chi connectivity index (χ1v) is 11.3. The zero-order valence-electron chi connectivity index (χ0n) is 17.5. The molecule has 1 saturated heterocycles. The SMILES string of the molecule is CC(C)(C)P1CCC(c2ccccc2O)(C(C)(C)C)C1=Nc1ccccc1. The van der Waals surface area contributed by atoms with E-state index in [-0.39, 0.29) is 16.0 Å². The second-order valence-corrected chi connectivity index (χ2v) is 12.6. The van der Waals surface area contributed by atoms with E-state index in [0.717, 1.165) is 23.8 Å². The highest BCUT2D eigenvalue weighted by molar-refractivity contribution is 7.77. The molecule has 0 saturated carbocycles. The van der Waals surface area contributed by atoms with Crippen LogP contribution in [-0.4, -0.2) is 21.9 Å². The van der Waals surface area contributed by atoms with Crippen molar-refractivity contribution >= 4 is 19.1 Å². The lowest BCUT2D eigenvalue weighted by Crippen LogP contribution is -2.44. The molecule has 1 aliphatic rings. The molecule has 1 aliphatic heterocycles. The van der Waals surface area contributed by atoms with Crippen molar-refractivity contribution in [3.05, 3.63) is 60.2 Å². The quantitative estimate of drug-likeness (QED) is 0.553. The Labute approximate surface area is 165 Å². The Morgan fingerprint density at radius 1 is 0.889 bits per heavy atom. The molecule has 0 radical (unpaired) electrons. The fourth-order valence-electron chi connectivity index (χ4n) is 4.37. The van der Waals surface area contributed by atoms with Gasteiger partial charge in [-0.05, 0) is 41.4 Å². The summed E-state index contributed by atoms with van der Waals surface area (Å²) >= 11 is 0. The lowest BCUT2D eigenvalue weighted by molar-refractivity contribution is 0.253. The maximum Gasteiger partial charge on any atom is 0.119 e. The van der Waals surface area contributed by atoms with Gasteiger partial charge in [-0.2, -0.15) is 0 Å². The Hall–Kier alpha value is -1.66. The lowest BCUT2D eigenvalue weighted by atomic mass is 9.61. The monoisotopic (exact) mass is 381 g/mol. The van der Waals surface area contributed by atoms with Crippen LogP contribution in [0.4, 0.5) is 5.69 Å². The number of aromatic hydroxyl groups is 1. The number of hydrogen-bond acceptors (Lipinski definition) is 2. The Balaban J connectivity index is 2.31. The van der Waals surface area contributed by atoms with Crippen molar-refractivity contribution in [2.45, 2.75) is 58.5 Å². The molecule has 3 rings (SSSR count). The second-order valence-electron chi connectivity index (χ2n) is 9.52. The number of phenols is 1. The molecule has 0 aliphatic carbocycles. The van der Waals surface area contributed by atoms with Gasteiger partial charge in [0.2, 0.25) is 0 Å². The minimum atomic E-state index is -0.423. The maximum absolute atomic E-state index is 10.8. The summed E-state index contributed by atoms with van der Waals surface area (Å²) in [4.78, 5) is 5.28. The number of rotatable bonds is 2. The summed E-state index contributed by atoms with van der Waals surface area (Å²) in [7, 11) is -0.423. The highest BCUT2D eigenvalue weighted by atomic mass is 31.1. The van der Waals surface area contributed by atoms with Gasteiger partial charge in [-0.3, -0.25) is 4.99 Å². The van der Waals surface area contributed by atoms with Crippen molar-refractivity contribution in [2.75, 3.05) is 6.16 Å². The minimum absolute atomic E-state index is 0.0538. The first kappa shape index (κ1) is 20.1. The highest BCUT2D eigenvalue weighted by Gasteiger charge is 2.56. The van der Waals surface area contributed by atoms with Crippen molar-refractivity contribution in [2.24, 2.45) is 10.4 Å². The van der Waals surface area contributed by atoms with Crippen molar-refractivity contribution in [1.82, 2.24) is 0 Å². The zero-order chi connectivity index (χ0) is 19.9. The van der Waals surface area contributed by atoms with Crippen LogP contribution in [0.1, 0.15) is 53.5 Å². The number of hydrogen-bond donors (Lipinski definition) is 1. The van der Waals surface area contributed by atoms with Crippen molar-refractivity contribution in [3.8, 4) is 5.75 Å². The van der Waals surface area contributed by atoms with Crippen molar-refractivity contribution in [1.29, 1.82) is 0 Å². The molecule has 1 heterocycles. The van der Waals surface area contributed by atoms with Gasteiger partial charge in [0.1, 0.15) is 5.75 Å². The summed E-state index contributed by atoms with van der Waals surface area (Å²) in [6.45, 7) is 13.9. The van der Waals surface area contributed by atoms with Crippen LogP contribution in [0.15, 0.2) is 59.6 Å². The molecule has 2 unspecified atom stereocenters. The van der Waals surface area contributed by atoms with E-state index in [0.29, 0.717) is 5.75 Å². The zero-order valence-corrected chi connectivity index (χ0v) is 18.3. The fourth-order valence-corrected chi connectivity index (χ4v) is 7.71. The van der Waals surface area contributed by atoms with E-state index in [1.807, 2.05) is 36.4 Å². The minimum Gasteiger partial charge on any atom is -0.508 e. The highest BCUT2D eigenvalue weighted by Crippen LogP contribution is 2.67. The Morgan fingerprint density at radius 3 is 2.04 bits per heavy atom. The van der Waals surface area contributed by atoms with Crippen LogP contribution in [0.5, 0.6) is 5.75 Å². The molecule has 27 heavy (non-hydrogen) atoms. The average Bonchev–Trinajstić information content (AvgIpc) is 2.96. The van der Waals surface area contributed by atoms with Gasteiger partial charge in [-0.25, -0.2) is 0 Å².